The van der Waals surface area contributed by atoms with Crippen LogP contribution in [0.2, 0.25) is 5.02 Å². The Morgan fingerprint density at radius 1 is 1.32 bits per heavy atom. The zero-order chi connectivity index (χ0) is 16.7. The van der Waals surface area contributed by atoms with Gasteiger partial charge in [0.25, 0.3) is 0 Å². The third-order valence-corrected chi connectivity index (χ3v) is 4.85. The molecule has 2 atom stereocenters. The number of aliphatic hydroxyl groups is 1. The molecule has 0 aromatic heterocycles. The summed E-state index contributed by atoms with van der Waals surface area (Å²) in [6.45, 7) is 9.64. The smallest absolute Gasteiger partial charge is 0.123 e. The molecule has 1 aromatic rings. The molecule has 0 spiro atoms. The van der Waals surface area contributed by atoms with Crippen molar-refractivity contribution in [2.24, 2.45) is 11.7 Å². The number of ether oxygens (including phenoxy) is 1. The third kappa shape index (κ3) is 4.61. The van der Waals surface area contributed by atoms with Gasteiger partial charge < -0.3 is 15.6 Å². The van der Waals surface area contributed by atoms with Crippen LogP contribution < -0.4 is 10.5 Å². The Morgan fingerprint density at radius 3 is 2.50 bits per heavy atom. The zero-order valence-electron chi connectivity index (χ0n) is 14.3. The highest BCUT2D eigenvalue weighted by Gasteiger charge is 2.23. The van der Waals surface area contributed by atoms with Crippen LogP contribution >= 0.6 is 11.6 Å². The molecule has 0 amide bonds. The molecule has 1 aromatic carbocycles. The Morgan fingerprint density at radius 2 is 2.00 bits per heavy atom. The Kier molecular flexibility index (Phi) is 8.23. The number of halogens is 1. The third-order valence-electron chi connectivity index (χ3n) is 4.26. The molecular weight excluding hydrogens is 298 g/mol. The lowest BCUT2D eigenvalue weighted by Gasteiger charge is -2.26. The largest absolute Gasteiger partial charge is 0.493 e. The fourth-order valence-electron chi connectivity index (χ4n) is 2.91. The molecule has 126 valence electrons. The van der Waals surface area contributed by atoms with Crippen molar-refractivity contribution >= 4 is 11.6 Å². The van der Waals surface area contributed by atoms with Crippen LogP contribution in [-0.4, -0.2) is 24.9 Å². The van der Waals surface area contributed by atoms with Crippen LogP contribution in [0.1, 0.15) is 55.7 Å². The molecule has 2 unspecified atom stereocenters. The van der Waals surface area contributed by atoms with Gasteiger partial charge in [-0.15, -0.1) is 0 Å². The van der Waals surface area contributed by atoms with Gasteiger partial charge in [0.15, 0.2) is 0 Å². The van der Waals surface area contributed by atoms with Crippen LogP contribution in [0.25, 0.3) is 0 Å². The standard InChI is InChI=1S/C18H30ClNO2/c1-5-7-22-16-8-12(3)18(19)13(4)17(16)15(6-2)9-14(10-20)11-21/h8,14-15,21H,5-7,9-11,20H2,1-4H3. The Balaban J connectivity index is 3.24. The SMILES string of the molecule is CCCOc1cc(C)c(Cl)c(C)c1C(CC)CC(CN)CO. The van der Waals surface area contributed by atoms with Gasteiger partial charge in [0, 0.05) is 17.2 Å². The summed E-state index contributed by atoms with van der Waals surface area (Å²) in [5.41, 5.74) is 9.07. The zero-order valence-corrected chi connectivity index (χ0v) is 15.0. The van der Waals surface area contributed by atoms with Crippen LogP contribution in [0.3, 0.4) is 0 Å². The molecule has 0 aliphatic rings. The van der Waals surface area contributed by atoms with Crippen molar-refractivity contribution < 1.29 is 9.84 Å². The van der Waals surface area contributed by atoms with Gasteiger partial charge in [-0.2, -0.15) is 0 Å². The lowest BCUT2D eigenvalue weighted by atomic mass is 9.84. The van der Waals surface area contributed by atoms with Crippen LogP contribution in [0.5, 0.6) is 5.75 Å². The number of aryl methyl sites for hydroxylation is 1. The Hall–Kier alpha value is -0.770. The van der Waals surface area contributed by atoms with E-state index in [4.69, 9.17) is 22.1 Å². The van der Waals surface area contributed by atoms with Crippen molar-refractivity contribution in [3.05, 3.63) is 27.8 Å². The first-order chi connectivity index (χ1) is 10.5. The molecule has 0 aliphatic heterocycles. The lowest BCUT2D eigenvalue weighted by molar-refractivity contribution is 0.213. The van der Waals surface area contributed by atoms with E-state index in [0.29, 0.717) is 19.1 Å². The summed E-state index contributed by atoms with van der Waals surface area (Å²) in [7, 11) is 0. The molecule has 22 heavy (non-hydrogen) atoms. The van der Waals surface area contributed by atoms with Crippen LogP contribution in [0, 0.1) is 19.8 Å². The minimum atomic E-state index is 0.114. The summed E-state index contributed by atoms with van der Waals surface area (Å²) in [6.07, 6.45) is 2.80. The lowest BCUT2D eigenvalue weighted by Crippen LogP contribution is -2.21. The van der Waals surface area contributed by atoms with E-state index in [1.54, 1.807) is 0 Å². The first kappa shape index (κ1) is 19.3. The van der Waals surface area contributed by atoms with E-state index in [-0.39, 0.29) is 12.5 Å². The van der Waals surface area contributed by atoms with E-state index in [9.17, 15) is 5.11 Å². The van der Waals surface area contributed by atoms with Gasteiger partial charge >= 0.3 is 0 Å². The molecule has 1 rings (SSSR count). The molecule has 0 fully saturated rings. The first-order valence-electron chi connectivity index (χ1n) is 8.23. The molecule has 0 saturated carbocycles. The van der Waals surface area contributed by atoms with E-state index in [1.165, 1.54) is 5.56 Å². The van der Waals surface area contributed by atoms with Crippen LogP contribution in [0.4, 0.5) is 0 Å². The van der Waals surface area contributed by atoms with Crippen molar-refractivity contribution in [3.63, 3.8) is 0 Å². The Labute approximate surface area is 139 Å². The maximum Gasteiger partial charge on any atom is 0.123 e. The molecule has 0 bridgehead atoms. The first-order valence-corrected chi connectivity index (χ1v) is 8.61. The molecule has 3 nitrogen and oxygen atoms in total. The average molecular weight is 328 g/mol. The second-order valence-corrected chi connectivity index (χ2v) is 6.40. The fraction of sp³-hybridized carbons (Fsp3) is 0.667. The van der Waals surface area contributed by atoms with Gasteiger partial charge in [0.05, 0.1) is 6.61 Å². The van der Waals surface area contributed by atoms with E-state index in [2.05, 4.69) is 20.8 Å². The van der Waals surface area contributed by atoms with Crippen molar-refractivity contribution in [3.8, 4) is 5.75 Å². The number of hydrogen-bond acceptors (Lipinski definition) is 3. The van der Waals surface area contributed by atoms with Crippen molar-refractivity contribution in [1.29, 1.82) is 0 Å². The van der Waals surface area contributed by atoms with Crippen molar-refractivity contribution in [2.45, 2.75) is 52.9 Å². The minimum Gasteiger partial charge on any atom is -0.493 e. The second kappa shape index (κ2) is 9.39. The fourth-order valence-corrected chi connectivity index (χ4v) is 3.07. The topological polar surface area (TPSA) is 55.5 Å². The van der Waals surface area contributed by atoms with E-state index < -0.39 is 0 Å². The number of hydrogen-bond donors (Lipinski definition) is 2. The molecule has 0 aliphatic carbocycles. The highest BCUT2D eigenvalue weighted by Crippen LogP contribution is 2.40. The highest BCUT2D eigenvalue weighted by atomic mass is 35.5. The number of rotatable bonds is 9. The van der Waals surface area contributed by atoms with Gasteiger partial charge in [-0.05, 0) is 68.7 Å². The second-order valence-electron chi connectivity index (χ2n) is 6.02. The average Bonchev–Trinajstić information content (AvgIpc) is 2.53. The number of nitrogens with two attached hydrogens (primary N) is 1. The maximum atomic E-state index is 9.46. The summed E-state index contributed by atoms with van der Waals surface area (Å²) >= 11 is 6.46. The molecule has 0 heterocycles. The summed E-state index contributed by atoms with van der Waals surface area (Å²) in [5, 5.41) is 10.3. The van der Waals surface area contributed by atoms with Gasteiger partial charge in [-0.3, -0.25) is 0 Å². The summed E-state index contributed by atoms with van der Waals surface area (Å²) in [4.78, 5) is 0. The predicted molar refractivity (Wildman–Crippen MR) is 94.0 cm³/mol. The van der Waals surface area contributed by atoms with E-state index in [1.807, 2.05) is 13.0 Å². The molecule has 0 radical (unpaired) electrons. The van der Waals surface area contributed by atoms with Crippen molar-refractivity contribution in [1.82, 2.24) is 0 Å². The van der Waals surface area contributed by atoms with Gasteiger partial charge in [-0.1, -0.05) is 25.4 Å². The number of benzene rings is 1. The van der Waals surface area contributed by atoms with Crippen LogP contribution in [-0.2, 0) is 0 Å². The number of aliphatic hydroxyl groups excluding tert-OH is 1. The summed E-state index contributed by atoms with van der Waals surface area (Å²) in [5.74, 6) is 1.34. The van der Waals surface area contributed by atoms with Gasteiger partial charge in [-0.25, -0.2) is 0 Å². The molecule has 0 saturated heterocycles. The van der Waals surface area contributed by atoms with Crippen LogP contribution in [0.15, 0.2) is 6.07 Å². The summed E-state index contributed by atoms with van der Waals surface area (Å²) in [6, 6.07) is 2.04. The maximum absolute atomic E-state index is 9.46. The minimum absolute atomic E-state index is 0.114. The monoisotopic (exact) mass is 327 g/mol. The van der Waals surface area contributed by atoms with Crippen molar-refractivity contribution in [2.75, 3.05) is 19.8 Å². The van der Waals surface area contributed by atoms with E-state index >= 15 is 0 Å². The Bertz CT molecular complexity index is 473. The normalized spacial score (nSPS) is 14.0. The van der Waals surface area contributed by atoms with Gasteiger partial charge in [0.1, 0.15) is 5.75 Å². The molecule has 4 heteroatoms. The quantitative estimate of drug-likeness (QED) is 0.714. The molecular formula is C18H30ClNO2. The summed E-state index contributed by atoms with van der Waals surface area (Å²) < 4.78 is 5.98. The predicted octanol–water partition coefficient (Wildman–Crippen LogP) is 4.20. The molecule has 3 N–H and O–H groups in total. The van der Waals surface area contributed by atoms with E-state index in [0.717, 1.165) is 41.2 Å². The van der Waals surface area contributed by atoms with Gasteiger partial charge in [0.2, 0.25) is 0 Å². The highest BCUT2D eigenvalue weighted by molar-refractivity contribution is 6.32.